The summed E-state index contributed by atoms with van der Waals surface area (Å²) in [5.41, 5.74) is -4.02. The lowest BCUT2D eigenvalue weighted by molar-refractivity contribution is -0.143. The van der Waals surface area contributed by atoms with Gasteiger partial charge in [0.1, 0.15) is 6.61 Å². The van der Waals surface area contributed by atoms with E-state index in [2.05, 4.69) is 9.97 Å². The molecule has 3 aromatic rings. The molecule has 2 aromatic carbocycles. The summed E-state index contributed by atoms with van der Waals surface area (Å²) in [6.07, 6.45) is -10.3. The van der Waals surface area contributed by atoms with Crippen molar-refractivity contribution in [2.24, 2.45) is 5.92 Å². The number of piperidine rings is 1. The summed E-state index contributed by atoms with van der Waals surface area (Å²) in [5, 5.41) is 0. The van der Waals surface area contributed by atoms with Crippen molar-refractivity contribution < 1.29 is 52.7 Å². The Morgan fingerprint density at radius 3 is 1.92 bits per heavy atom. The number of sulfone groups is 1. The third kappa shape index (κ3) is 9.66. The van der Waals surface area contributed by atoms with Gasteiger partial charge >= 0.3 is 18.5 Å². The fourth-order valence-corrected chi connectivity index (χ4v) is 5.64. The minimum atomic E-state index is -5.14. The number of halogens is 9. The molecule has 1 aliphatic rings. The Labute approximate surface area is 271 Å². The molecular formula is C31H33F9N4O3S. The summed E-state index contributed by atoms with van der Waals surface area (Å²) >= 11 is 0. The van der Waals surface area contributed by atoms with E-state index in [9.17, 15) is 47.9 Å². The second-order valence-electron chi connectivity index (χ2n) is 11.9. The minimum Gasteiger partial charge on any atom is -0.489 e. The Bertz CT molecular complexity index is 1640. The van der Waals surface area contributed by atoms with E-state index >= 15 is 0 Å². The number of alkyl halides is 9. The van der Waals surface area contributed by atoms with Crippen LogP contribution in [-0.2, 0) is 34.9 Å². The highest BCUT2D eigenvalue weighted by Crippen LogP contribution is 2.40. The molecule has 1 unspecified atom stereocenters. The van der Waals surface area contributed by atoms with E-state index < -0.39 is 63.2 Å². The molecule has 0 radical (unpaired) electrons. The maximum atomic E-state index is 13.9. The Kier molecular flexibility index (Phi) is 10.8. The predicted molar refractivity (Wildman–Crippen MR) is 160 cm³/mol. The van der Waals surface area contributed by atoms with Crippen molar-refractivity contribution in [3.8, 4) is 5.75 Å². The van der Waals surface area contributed by atoms with Gasteiger partial charge in [0, 0.05) is 31.6 Å². The number of nitrogens with zero attached hydrogens (tertiary/aromatic N) is 4. The van der Waals surface area contributed by atoms with Crippen LogP contribution in [0.25, 0.3) is 0 Å². The van der Waals surface area contributed by atoms with Gasteiger partial charge in [-0.05, 0) is 73.2 Å². The Morgan fingerprint density at radius 2 is 1.42 bits per heavy atom. The van der Waals surface area contributed by atoms with E-state index in [4.69, 9.17) is 4.74 Å². The molecule has 2 heterocycles. The molecule has 1 saturated heterocycles. The summed E-state index contributed by atoms with van der Waals surface area (Å²) in [7, 11) is -3.37. The zero-order chi connectivity index (χ0) is 35.7. The van der Waals surface area contributed by atoms with Crippen molar-refractivity contribution in [1.82, 2.24) is 9.97 Å². The lowest BCUT2D eigenvalue weighted by Crippen LogP contribution is -2.35. The van der Waals surface area contributed by atoms with Crippen molar-refractivity contribution in [2.45, 2.75) is 57.8 Å². The van der Waals surface area contributed by atoms with Crippen LogP contribution in [0.4, 0.5) is 51.1 Å². The van der Waals surface area contributed by atoms with E-state index in [0.717, 1.165) is 43.6 Å². The molecule has 17 heteroatoms. The van der Waals surface area contributed by atoms with Gasteiger partial charge in [0.2, 0.25) is 5.95 Å². The van der Waals surface area contributed by atoms with Crippen molar-refractivity contribution >= 4 is 21.5 Å². The van der Waals surface area contributed by atoms with Crippen LogP contribution in [0.1, 0.15) is 60.5 Å². The van der Waals surface area contributed by atoms with Gasteiger partial charge in [-0.3, -0.25) is 0 Å². The maximum Gasteiger partial charge on any atom is 0.416 e. The van der Waals surface area contributed by atoms with Crippen LogP contribution in [0.15, 0.2) is 48.8 Å². The second-order valence-corrected chi connectivity index (χ2v) is 14.1. The molecule has 264 valence electrons. The molecule has 0 bridgehead atoms. The normalized spacial score (nSPS) is 15.8. The third-order valence-electron chi connectivity index (χ3n) is 8.03. The molecule has 0 saturated carbocycles. The number of aromatic nitrogens is 2. The van der Waals surface area contributed by atoms with Crippen LogP contribution < -0.4 is 14.5 Å². The van der Waals surface area contributed by atoms with Crippen LogP contribution in [-0.4, -0.2) is 50.1 Å². The molecule has 1 fully saturated rings. The van der Waals surface area contributed by atoms with E-state index in [1.54, 1.807) is 0 Å². The Balaban J connectivity index is 1.83. The van der Waals surface area contributed by atoms with Crippen molar-refractivity contribution in [3.05, 3.63) is 76.6 Å². The Hall–Kier alpha value is -3.76. The average molecular weight is 713 g/mol. The molecule has 4 rings (SSSR count). The van der Waals surface area contributed by atoms with Gasteiger partial charge in [0.15, 0.2) is 15.6 Å². The first kappa shape index (κ1) is 37.1. The summed E-state index contributed by atoms with van der Waals surface area (Å²) in [4.78, 5) is 11.4. The van der Waals surface area contributed by atoms with Crippen molar-refractivity contribution in [3.63, 3.8) is 0 Å². The third-order valence-corrected chi connectivity index (χ3v) is 8.93. The molecule has 0 N–H and O–H groups in total. The van der Waals surface area contributed by atoms with E-state index in [-0.39, 0.29) is 35.7 Å². The van der Waals surface area contributed by atoms with Gasteiger partial charge in [-0.1, -0.05) is 6.92 Å². The minimum absolute atomic E-state index is 0.00984. The fraction of sp³-hybridized carbons (Fsp3) is 0.484. The number of ether oxygens (including phenoxy) is 1. The van der Waals surface area contributed by atoms with Crippen LogP contribution in [0.2, 0.25) is 0 Å². The highest BCUT2D eigenvalue weighted by atomic mass is 32.2. The van der Waals surface area contributed by atoms with Crippen LogP contribution in [0.3, 0.4) is 0 Å². The molecule has 1 aromatic heterocycles. The zero-order valence-corrected chi connectivity index (χ0v) is 26.9. The summed E-state index contributed by atoms with van der Waals surface area (Å²) < 4.78 is 152. The highest BCUT2D eigenvalue weighted by molar-refractivity contribution is 7.90. The van der Waals surface area contributed by atoms with Crippen LogP contribution in [0.5, 0.6) is 5.75 Å². The van der Waals surface area contributed by atoms with Crippen molar-refractivity contribution in [1.29, 1.82) is 0 Å². The number of anilines is 2. The highest BCUT2D eigenvalue weighted by Gasteiger charge is 2.38. The Morgan fingerprint density at radius 1 is 0.875 bits per heavy atom. The second kappa shape index (κ2) is 14.0. The summed E-state index contributed by atoms with van der Waals surface area (Å²) in [5.74, 6) is -0.177. The smallest absolute Gasteiger partial charge is 0.416 e. The van der Waals surface area contributed by atoms with Gasteiger partial charge in [0.25, 0.3) is 0 Å². The number of hydrogen-bond donors (Lipinski definition) is 0. The zero-order valence-electron chi connectivity index (χ0n) is 26.0. The van der Waals surface area contributed by atoms with Gasteiger partial charge in [-0.2, -0.15) is 39.5 Å². The van der Waals surface area contributed by atoms with E-state index in [0.29, 0.717) is 36.8 Å². The van der Waals surface area contributed by atoms with E-state index in [1.165, 1.54) is 17.9 Å². The van der Waals surface area contributed by atoms with Crippen molar-refractivity contribution in [2.75, 3.05) is 41.5 Å². The number of benzene rings is 2. The van der Waals surface area contributed by atoms with Crippen LogP contribution >= 0.6 is 0 Å². The molecule has 0 aliphatic carbocycles. The predicted octanol–water partition coefficient (Wildman–Crippen LogP) is 7.96. The lowest BCUT2D eigenvalue weighted by Gasteiger charge is -2.36. The molecule has 7 nitrogen and oxygen atoms in total. The number of hydrogen-bond acceptors (Lipinski definition) is 7. The molecule has 0 amide bonds. The molecule has 48 heavy (non-hydrogen) atoms. The van der Waals surface area contributed by atoms with Gasteiger partial charge in [-0.25, -0.2) is 18.4 Å². The maximum absolute atomic E-state index is 13.9. The largest absolute Gasteiger partial charge is 0.489 e. The average Bonchev–Trinajstić information content (AvgIpc) is 2.98. The first-order valence-corrected chi connectivity index (χ1v) is 16.8. The molecule has 1 aliphatic heterocycles. The molecular weight excluding hydrogens is 679 g/mol. The van der Waals surface area contributed by atoms with Crippen LogP contribution in [0, 0.1) is 5.92 Å². The van der Waals surface area contributed by atoms with Gasteiger partial charge in [0.05, 0.1) is 40.9 Å². The summed E-state index contributed by atoms with van der Waals surface area (Å²) in [6, 6.07) is 2.90. The van der Waals surface area contributed by atoms with E-state index in [1.807, 2.05) is 11.8 Å². The quantitative estimate of drug-likeness (QED) is 0.198. The standard InChI is InChI=1S/C31H33F9N4O3S/c1-19-6-8-43(9-7-19)27-5-4-23(29(32,33)34)14-22(27)18-44(28-41-16-26(17-42-28)47-10-11-48(3,45)46)20(2)21-12-24(30(35,36)37)15-25(13-21)31(38,39)40/h4-5,12-17,19-20H,6-11,18H2,1-3H3. The van der Waals surface area contributed by atoms with Gasteiger partial charge < -0.3 is 14.5 Å². The molecule has 1 atom stereocenters. The summed E-state index contributed by atoms with van der Waals surface area (Å²) in [6.45, 7) is 3.70. The lowest BCUT2D eigenvalue weighted by atomic mass is 9.96. The number of rotatable bonds is 10. The van der Waals surface area contributed by atoms with Gasteiger partial charge in [-0.15, -0.1) is 0 Å². The topological polar surface area (TPSA) is 75.6 Å². The molecule has 0 spiro atoms. The fourth-order valence-electron chi connectivity index (χ4n) is 5.25. The monoisotopic (exact) mass is 712 g/mol. The SMILES string of the molecule is CC1CCN(c2ccc(C(F)(F)F)cc2CN(c2ncc(OCCS(C)(=O)=O)cn2)C(C)c2cc(C(F)(F)F)cc(C(F)(F)F)c2)CC1. The first-order valence-electron chi connectivity index (χ1n) is 14.8. The first-order chi connectivity index (χ1) is 22.1.